The molecular formula is C21H27N3O4S. The maximum Gasteiger partial charge on any atom is 0.289 e. The number of hydrogen-bond donors (Lipinski definition) is 2. The molecule has 1 aliphatic heterocycles. The minimum Gasteiger partial charge on any atom is -0.459 e. The first-order chi connectivity index (χ1) is 14.0. The lowest BCUT2D eigenvalue weighted by atomic mass is 9.88. The number of carbonyl (C=O) groups is 3. The van der Waals surface area contributed by atoms with Crippen LogP contribution in [0.3, 0.4) is 0 Å². The predicted octanol–water partition coefficient (Wildman–Crippen LogP) is 2.76. The molecule has 1 aliphatic rings. The van der Waals surface area contributed by atoms with Crippen molar-refractivity contribution in [3.8, 4) is 0 Å². The van der Waals surface area contributed by atoms with Gasteiger partial charge in [-0.05, 0) is 48.3 Å². The summed E-state index contributed by atoms with van der Waals surface area (Å²) in [6, 6.07) is 6.27. The van der Waals surface area contributed by atoms with E-state index in [1.54, 1.807) is 23.1 Å². The fourth-order valence-corrected chi connectivity index (χ4v) is 4.05. The maximum atomic E-state index is 12.8. The van der Waals surface area contributed by atoms with Gasteiger partial charge in [0, 0.05) is 19.6 Å². The van der Waals surface area contributed by atoms with Crippen molar-refractivity contribution in [1.29, 1.82) is 0 Å². The highest BCUT2D eigenvalue weighted by Gasteiger charge is 2.34. The second-order valence-electron chi connectivity index (χ2n) is 7.67. The quantitative estimate of drug-likeness (QED) is 0.725. The SMILES string of the molecule is CC(C)CNC(=O)[C@@H](NC(=O)c1cccs1)C1CCN(C(=O)c2ccco2)CC1. The highest BCUT2D eigenvalue weighted by molar-refractivity contribution is 7.12. The van der Waals surface area contributed by atoms with E-state index in [9.17, 15) is 14.4 Å². The Morgan fingerprint density at radius 3 is 2.55 bits per heavy atom. The second-order valence-corrected chi connectivity index (χ2v) is 8.62. The van der Waals surface area contributed by atoms with Crippen LogP contribution in [0.4, 0.5) is 0 Å². The fourth-order valence-electron chi connectivity index (χ4n) is 3.42. The van der Waals surface area contributed by atoms with Gasteiger partial charge in [-0.1, -0.05) is 19.9 Å². The lowest BCUT2D eigenvalue weighted by molar-refractivity contribution is -0.124. The summed E-state index contributed by atoms with van der Waals surface area (Å²) in [5.74, 6) is 0.0582. The molecule has 2 aromatic rings. The van der Waals surface area contributed by atoms with Crippen molar-refractivity contribution in [1.82, 2.24) is 15.5 Å². The van der Waals surface area contributed by atoms with Gasteiger partial charge in [0.05, 0.1) is 11.1 Å². The minimum atomic E-state index is -0.621. The Labute approximate surface area is 174 Å². The van der Waals surface area contributed by atoms with Crippen LogP contribution < -0.4 is 10.6 Å². The molecule has 0 aromatic carbocycles. The molecule has 1 atom stereocenters. The summed E-state index contributed by atoms with van der Waals surface area (Å²) in [6.07, 6.45) is 2.75. The molecule has 0 unspecified atom stereocenters. The second kappa shape index (κ2) is 9.73. The van der Waals surface area contributed by atoms with Crippen molar-refractivity contribution in [3.05, 3.63) is 46.5 Å². The third kappa shape index (κ3) is 5.47. The van der Waals surface area contributed by atoms with E-state index in [0.717, 1.165) is 0 Å². The van der Waals surface area contributed by atoms with Gasteiger partial charge in [-0.2, -0.15) is 0 Å². The number of nitrogens with one attached hydrogen (secondary N) is 2. The van der Waals surface area contributed by atoms with Gasteiger partial charge in [0.15, 0.2) is 5.76 Å². The van der Waals surface area contributed by atoms with E-state index < -0.39 is 6.04 Å². The number of hydrogen-bond acceptors (Lipinski definition) is 5. The molecule has 0 aliphatic carbocycles. The van der Waals surface area contributed by atoms with Crippen molar-refractivity contribution in [2.75, 3.05) is 19.6 Å². The van der Waals surface area contributed by atoms with Crippen LogP contribution in [-0.4, -0.2) is 48.3 Å². The molecule has 0 bridgehead atoms. The van der Waals surface area contributed by atoms with E-state index in [4.69, 9.17) is 4.42 Å². The van der Waals surface area contributed by atoms with Gasteiger partial charge in [0.1, 0.15) is 6.04 Å². The van der Waals surface area contributed by atoms with Crippen LogP contribution in [-0.2, 0) is 4.79 Å². The van der Waals surface area contributed by atoms with E-state index in [1.165, 1.54) is 17.6 Å². The van der Waals surface area contributed by atoms with Crippen molar-refractivity contribution >= 4 is 29.1 Å². The number of carbonyl (C=O) groups excluding carboxylic acids is 3. The topological polar surface area (TPSA) is 91.7 Å². The van der Waals surface area contributed by atoms with Crippen LogP contribution in [0.2, 0.25) is 0 Å². The average Bonchev–Trinajstić information content (AvgIpc) is 3.44. The predicted molar refractivity (Wildman–Crippen MR) is 111 cm³/mol. The molecular weight excluding hydrogens is 390 g/mol. The number of nitrogens with zero attached hydrogens (tertiary/aromatic N) is 1. The van der Waals surface area contributed by atoms with Crippen molar-refractivity contribution in [3.63, 3.8) is 0 Å². The summed E-state index contributed by atoms with van der Waals surface area (Å²) in [5, 5.41) is 7.70. The van der Waals surface area contributed by atoms with Crippen molar-refractivity contribution in [2.24, 2.45) is 11.8 Å². The monoisotopic (exact) mass is 417 g/mol. The number of rotatable bonds is 7. The Balaban J connectivity index is 1.65. The molecule has 3 rings (SSSR count). The number of furan rings is 1. The van der Waals surface area contributed by atoms with Crippen LogP contribution in [0.1, 0.15) is 46.9 Å². The van der Waals surface area contributed by atoms with Crippen LogP contribution in [0, 0.1) is 11.8 Å². The minimum absolute atomic E-state index is 0.0354. The largest absolute Gasteiger partial charge is 0.459 e. The summed E-state index contributed by atoms with van der Waals surface area (Å²) in [7, 11) is 0. The van der Waals surface area contributed by atoms with E-state index in [1.807, 2.05) is 25.3 Å². The molecule has 3 amide bonds. The van der Waals surface area contributed by atoms with Crippen molar-refractivity contribution in [2.45, 2.75) is 32.7 Å². The third-order valence-corrected chi connectivity index (χ3v) is 5.90. The lowest BCUT2D eigenvalue weighted by Crippen LogP contribution is -2.54. The molecule has 0 saturated carbocycles. The summed E-state index contributed by atoms with van der Waals surface area (Å²) in [4.78, 5) is 40.2. The van der Waals surface area contributed by atoms with Gasteiger partial charge in [-0.25, -0.2) is 0 Å². The first-order valence-electron chi connectivity index (χ1n) is 9.90. The standard InChI is InChI=1S/C21H27N3O4S/c1-14(2)13-22-20(26)18(23-19(25)17-6-4-12-29-17)15-7-9-24(10-8-15)21(27)16-5-3-11-28-16/h3-6,11-12,14-15,18H,7-10,13H2,1-2H3,(H,22,26)(H,23,25)/t18-/m0/s1. The lowest BCUT2D eigenvalue weighted by Gasteiger charge is -2.35. The number of likely N-dealkylation sites (tertiary alicyclic amines) is 1. The van der Waals surface area contributed by atoms with E-state index in [2.05, 4.69) is 10.6 Å². The molecule has 1 saturated heterocycles. The zero-order valence-electron chi connectivity index (χ0n) is 16.7. The van der Waals surface area contributed by atoms with Crippen LogP contribution in [0.5, 0.6) is 0 Å². The molecule has 7 nitrogen and oxygen atoms in total. The maximum absolute atomic E-state index is 12.8. The molecule has 29 heavy (non-hydrogen) atoms. The highest BCUT2D eigenvalue weighted by atomic mass is 32.1. The molecule has 8 heteroatoms. The number of thiophene rings is 1. The van der Waals surface area contributed by atoms with E-state index in [0.29, 0.717) is 49.0 Å². The van der Waals surface area contributed by atoms with Crippen LogP contribution >= 0.6 is 11.3 Å². The van der Waals surface area contributed by atoms with Crippen LogP contribution in [0.15, 0.2) is 40.3 Å². The molecule has 2 N–H and O–H groups in total. The van der Waals surface area contributed by atoms with E-state index in [-0.39, 0.29) is 23.6 Å². The van der Waals surface area contributed by atoms with Gasteiger partial charge in [-0.3, -0.25) is 14.4 Å². The normalized spacial score (nSPS) is 15.9. The van der Waals surface area contributed by atoms with Crippen molar-refractivity contribution < 1.29 is 18.8 Å². The Kier molecular flexibility index (Phi) is 7.09. The Hall–Kier alpha value is -2.61. The van der Waals surface area contributed by atoms with Gasteiger partial charge in [0.25, 0.3) is 11.8 Å². The van der Waals surface area contributed by atoms with Crippen LogP contribution in [0.25, 0.3) is 0 Å². The molecule has 1 fully saturated rings. The third-order valence-electron chi connectivity index (χ3n) is 5.03. The van der Waals surface area contributed by atoms with Gasteiger partial charge in [0.2, 0.25) is 5.91 Å². The first-order valence-corrected chi connectivity index (χ1v) is 10.8. The zero-order valence-corrected chi connectivity index (χ0v) is 17.5. The first kappa shape index (κ1) is 21.1. The summed E-state index contributed by atoms with van der Waals surface area (Å²) >= 11 is 1.35. The summed E-state index contributed by atoms with van der Waals surface area (Å²) in [5.41, 5.74) is 0. The fraction of sp³-hybridized carbons (Fsp3) is 0.476. The molecule has 0 spiro atoms. The Morgan fingerprint density at radius 1 is 1.21 bits per heavy atom. The Bertz CT molecular complexity index is 809. The molecule has 156 valence electrons. The highest BCUT2D eigenvalue weighted by Crippen LogP contribution is 2.23. The van der Waals surface area contributed by atoms with Gasteiger partial charge >= 0.3 is 0 Å². The molecule has 3 heterocycles. The summed E-state index contributed by atoms with van der Waals surface area (Å²) < 4.78 is 5.20. The number of piperidine rings is 1. The van der Waals surface area contributed by atoms with Gasteiger partial charge < -0.3 is 20.0 Å². The number of amides is 3. The Morgan fingerprint density at radius 2 is 1.97 bits per heavy atom. The average molecular weight is 418 g/mol. The summed E-state index contributed by atoms with van der Waals surface area (Å²) in [6.45, 7) is 5.65. The van der Waals surface area contributed by atoms with Gasteiger partial charge in [-0.15, -0.1) is 11.3 Å². The molecule has 2 aromatic heterocycles. The zero-order chi connectivity index (χ0) is 20.8. The van der Waals surface area contributed by atoms with E-state index >= 15 is 0 Å². The molecule has 0 radical (unpaired) electrons. The smallest absolute Gasteiger partial charge is 0.289 e.